The number of hydrogen-bond donors (Lipinski definition) is 2. The van der Waals surface area contributed by atoms with Gasteiger partial charge < -0.3 is 10.7 Å². The van der Waals surface area contributed by atoms with E-state index in [0.29, 0.717) is 12.5 Å². The van der Waals surface area contributed by atoms with Crippen molar-refractivity contribution in [2.75, 3.05) is 0 Å². The van der Waals surface area contributed by atoms with Gasteiger partial charge in [-0.15, -0.1) is 0 Å². The van der Waals surface area contributed by atoms with Gasteiger partial charge in [-0.3, -0.25) is 0 Å². The van der Waals surface area contributed by atoms with Crippen molar-refractivity contribution < 1.29 is 0 Å². The van der Waals surface area contributed by atoms with Gasteiger partial charge in [-0.25, -0.2) is 4.79 Å². The van der Waals surface area contributed by atoms with Crippen LogP contribution in [0.5, 0.6) is 0 Å². The first-order valence-electron chi connectivity index (χ1n) is 4.41. The van der Waals surface area contributed by atoms with Gasteiger partial charge in [0, 0.05) is 17.9 Å². The molecule has 4 nitrogen and oxygen atoms in total. The normalized spacial score (nSPS) is 10.8. The van der Waals surface area contributed by atoms with Gasteiger partial charge in [0.2, 0.25) is 0 Å². The van der Waals surface area contributed by atoms with Gasteiger partial charge in [0.1, 0.15) is 0 Å². The molecule has 1 aromatic rings. The number of nitrogens with two attached hydrogens (primary N) is 1. The SMILES string of the molecule is CC(C)Cc1cc(CN)[nH]c(=O)n1. The van der Waals surface area contributed by atoms with Gasteiger partial charge in [0.05, 0.1) is 0 Å². The monoisotopic (exact) mass is 181 g/mol. The number of aromatic nitrogens is 2. The van der Waals surface area contributed by atoms with E-state index in [9.17, 15) is 4.79 Å². The molecule has 0 fully saturated rings. The van der Waals surface area contributed by atoms with Crippen molar-refractivity contribution in [3.05, 3.63) is 27.9 Å². The highest BCUT2D eigenvalue weighted by molar-refractivity contribution is 5.08. The maximum absolute atomic E-state index is 11.0. The Morgan fingerprint density at radius 1 is 1.62 bits per heavy atom. The first-order chi connectivity index (χ1) is 6.11. The Balaban J connectivity index is 2.95. The predicted octanol–water partition coefficient (Wildman–Crippen LogP) is 0.427. The molecule has 1 heterocycles. The number of H-pyrrole nitrogens is 1. The summed E-state index contributed by atoms with van der Waals surface area (Å²) in [4.78, 5) is 17.5. The van der Waals surface area contributed by atoms with E-state index >= 15 is 0 Å². The van der Waals surface area contributed by atoms with Crippen molar-refractivity contribution >= 4 is 0 Å². The van der Waals surface area contributed by atoms with Crippen molar-refractivity contribution in [3.8, 4) is 0 Å². The quantitative estimate of drug-likeness (QED) is 0.710. The zero-order valence-corrected chi connectivity index (χ0v) is 8.00. The van der Waals surface area contributed by atoms with Crippen LogP contribution in [-0.4, -0.2) is 9.97 Å². The van der Waals surface area contributed by atoms with E-state index < -0.39 is 0 Å². The van der Waals surface area contributed by atoms with E-state index in [0.717, 1.165) is 17.8 Å². The summed E-state index contributed by atoms with van der Waals surface area (Å²) >= 11 is 0. The van der Waals surface area contributed by atoms with Crippen LogP contribution in [0.3, 0.4) is 0 Å². The van der Waals surface area contributed by atoms with Crippen LogP contribution >= 0.6 is 0 Å². The van der Waals surface area contributed by atoms with Crippen molar-refractivity contribution in [2.24, 2.45) is 11.7 Å². The van der Waals surface area contributed by atoms with Crippen molar-refractivity contribution in [1.82, 2.24) is 9.97 Å². The molecule has 1 rings (SSSR count). The Morgan fingerprint density at radius 3 is 2.85 bits per heavy atom. The molecule has 0 radical (unpaired) electrons. The molecular formula is C9H15N3O. The molecule has 0 aliphatic carbocycles. The Bertz CT molecular complexity index is 330. The number of nitrogens with zero attached hydrogens (tertiary/aromatic N) is 1. The summed E-state index contributed by atoms with van der Waals surface area (Å²) in [6.45, 7) is 4.53. The molecule has 0 saturated carbocycles. The molecule has 0 bridgehead atoms. The second-order valence-corrected chi connectivity index (χ2v) is 3.50. The lowest BCUT2D eigenvalue weighted by atomic mass is 10.1. The summed E-state index contributed by atoms with van der Waals surface area (Å²) < 4.78 is 0. The van der Waals surface area contributed by atoms with Gasteiger partial charge >= 0.3 is 5.69 Å². The fourth-order valence-electron chi connectivity index (χ4n) is 1.20. The standard InChI is InChI=1S/C9H15N3O/c1-6(2)3-7-4-8(5-10)12-9(13)11-7/h4,6H,3,5,10H2,1-2H3,(H,11,12,13). The number of aromatic amines is 1. The summed E-state index contributed by atoms with van der Waals surface area (Å²) in [5, 5.41) is 0. The third-order valence-electron chi connectivity index (χ3n) is 1.69. The van der Waals surface area contributed by atoms with E-state index in [1.54, 1.807) is 0 Å². The average Bonchev–Trinajstić information content (AvgIpc) is 2.01. The fraction of sp³-hybridized carbons (Fsp3) is 0.556. The van der Waals surface area contributed by atoms with Gasteiger partial charge in [-0.05, 0) is 18.4 Å². The van der Waals surface area contributed by atoms with E-state index in [4.69, 9.17) is 5.73 Å². The lowest BCUT2D eigenvalue weighted by molar-refractivity contribution is 0.630. The van der Waals surface area contributed by atoms with Crippen LogP contribution in [-0.2, 0) is 13.0 Å². The fourth-order valence-corrected chi connectivity index (χ4v) is 1.20. The third-order valence-corrected chi connectivity index (χ3v) is 1.69. The largest absolute Gasteiger partial charge is 0.345 e. The van der Waals surface area contributed by atoms with E-state index in [1.165, 1.54) is 0 Å². The van der Waals surface area contributed by atoms with Crippen LogP contribution in [0.4, 0.5) is 0 Å². The summed E-state index contributed by atoms with van der Waals surface area (Å²) in [5.41, 5.74) is 6.68. The highest BCUT2D eigenvalue weighted by Crippen LogP contribution is 2.03. The molecule has 1 aromatic heterocycles. The van der Waals surface area contributed by atoms with Crippen LogP contribution in [0.25, 0.3) is 0 Å². The molecule has 0 unspecified atom stereocenters. The molecule has 0 aliphatic heterocycles. The topological polar surface area (TPSA) is 71.8 Å². The van der Waals surface area contributed by atoms with Crippen LogP contribution in [0.1, 0.15) is 25.2 Å². The van der Waals surface area contributed by atoms with Crippen molar-refractivity contribution in [3.63, 3.8) is 0 Å². The van der Waals surface area contributed by atoms with Crippen LogP contribution in [0, 0.1) is 5.92 Å². The van der Waals surface area contributed by atoms with E-state index in [2.05, 4.69) is 23.8 Å². The highest BCUT2D eigenvalue weighted by Gasteiger charge is 2.02. The molecule has 0 atom stereocenters. The van der Waals surface area contributed by atoms with Crippen molar-refractivity contribution in [1.29, 1.82) is 0 Å². The second kappa shape index (κ2) is 4.18. The van der Waals surface area contributed by atoms with E-state index in [-0.39, 0.29) is 5.69 Å². The highest BCUT2D eigenvalue weighted by atomic mass is 16.1. The summed E-state index contributed by atoms with van der Waals surface area (Å²) in [5.74, 6) is 0.500. The van der Waals surface area contributed by atoms with E-state index in [1.807, 2.05) is 6.07 Å². The maximum atomic E-state index is 11.0. The first kappa shape index (κ1) is 9.92. The molecule has 0 spiro atoms. The minimum Gasteiger partial charge on any atom is -0.325 e. The zero-order chi connectivity index (χ0) is 9.84. The second-order valence-electron chi connectivity index (χ2n) is 3.50. The predicted molar refractivity (Wildman–Crippen MR) is 51.3 cm³/mol. The van der Waals surface area contributed by atoms with Gasteiger partial charge in [-0.2, -0.15) is 4.98 Å². The molecule has 72 valence electrons. The van der Waals surface area contributed by atoms with Crippen LogP contribution < -0.4 is 11.4 Å². The summed E-state index contributed by atoms with van der Waals surface area (Å²) in [6.07, 6.45) is 0.816. The summed E-state index contributed by atoms with van der Waals surface area (Å²) in [6, 6.07) is 1.85. The Labute approximate surface area is 77.2 Å². The van der Waals surface area contributed by atoms with Crippen molar-refractivity contribution in [2.45, 2.75) is 26.8 Å². The van der Waals surface area contributed by atoms with Gasteiger partial charge in [-0.1, -0.05) is 13.8 Å². The molecule has 0 aliphatic rings. The van der Waals surface area contributed by atoms with Gasteiger partial charge in [0.25, 0.3) is 0 Å². The zero-order valence-electron chi connectivity index (χ0n) is 8.00. The maximum Gasteiger partial charge on any atom is 0.345 e. The molecule has 0 saturated heterocycles. The lowest BCUT2D eigenvalue weighted by Gasteiger charge is -2.04. The molecular weight excluding hydrogens is 166 g/mol. The smallest absolute Gasteiger partial charge is 0.325 e. The average molecular weight is 181 g/mol. The molecule has 0 amide bonds. The van der Waals surface area contributed by atoms with Gasteiger partial charge in [0.15, 0.2) is 0 Å². The van der Waals surface area contributed by atoms with Crippen LogP contribution in [0.2, 0.25) is 0 Å². The first-order valence-corrected chi connectivity index (χ1v) is 4.41. The molecule has 4 heteroatoms. The lowest BCUT2D eigenvalue weighted by Crippen LogP contribution is -2.17. The number of rotatable bonds is 3. The van der Waals surface area contributed by atoms with Crippen LogP contribution in [0.15, 0.2) is 10.9 Å². The number of nitrogens with one attached hydrogen (secondary N) is 1. The summed E-state index contributed by atoms with van der Waals surface area (Å²) in [7, 11) is 0. The number of hydrogen-bond acceptors (Lipinski definition) is 3. The molecule has 0 aromatic carbocycles. The molecule has 13 heavy (non-hydrogen) atoms. The third kappa shape index (κ3) is 2.99. The Kier molecular flexibility index (Phi) is 3.19. The Hall–Kier alpha value is -1.16. The molecule has 3 N–H and O–H groups in total. The minimum atomic E-state index is -0.307. The minimum absolute atomic E-state index is 0.307. The Morgan fingerprint density at radius 2 is 2.31 bits per heavy atom.